The summed E-state index contributed by atoms with van der Waals surface area (Å²) in [6.45, 7) is 8.93. The van der Waals surface area contributed by atoms with E-state index in [2.05, 4.69) is 40.1 Å². The lowest BCUT2D eigenvalue weighted by Gasteiger charge is -2.31. The number of piperidine rings is 1. The molecule has 0 aliphatic carbocycles. The summed E-state index contributed by atoms with van der Waals surface area (Å²) in [5, 5.41) is 3.66. The molecule has 1 aliphatic heterocycles. The van der Waals surface area contributed by atoms with E-state index >= 15 is 0 Å². The van der Waals surface area contributed by atoms with Crippen LogP contribution in [0.5, 0.6) is 0 Å². The molecular formula is C15H26N4. The van der Waals surface area contributed by atoms with Crippen molar-refractivity contribution in [3.63, 3.8) is 0 Å². The Bertz CT molecular complexity index is 371. The number of nitrogens with zero attached hydrogens (tertiary/aromatic N) is 2. The Kier molecular flexibility index (Phi) is 5.61. The SMILES string of the molecule is CC(C)=CCN1CCC(NCCc2cnc[nH]2)CC1. The largest absolute Gasteiger partial charge is 0.348 e. The van der Waals surface area contributed by atoms with Gasteiger partial charge in [-0.1, -0.05) is 11.6 Å². The molecule has 0 spiro atoms. The number of hydrogen-bond acceptors (Lipinski definition) is 3. The van der Waals surface area contributed by atoms with E-state index in [-0.39, 0.29) is 0 Å². The minimum Gasteiger partial charge on any atom is -0.348 e. The first-order valence-corrected chi connectivity index (χ1v) is 7.30. The number of H-pyrrole nitrogens is 1. The maximum absolute atomic E-state index is 4.04. The molecule has 2 heterocycles. The van der Waals surface area contributed by atoms with Gasteiger partial charge in [0.1, 0.15) is 0 Å². The highest BCUT2D eigenvalue weighted by atomic mass is 15.1. The number of aromatic amines is 1. The van der Waals surface area contributed by atoms with Crippen LogP contribution < -0.4 is 5.32 Å². The standard InChI is InChI=1S/C15H26N4/c1-13(2)4-8-19-9-5-14(6-10-19)17-7-3-15-11-16-12-18-15/h4,11-12,14,17H,3,5-10H2,1-2H3,(H,16,18). The van der Waals surface area contributed by atoms with E-state index < -0.39 is 0 Å². The molecule has 1 fully saturated rings. The highest BCUT2D eigenvalue weighted by molar-refractivity contribution is 4.96. The van der Waals surface area contributed by atoms with Gasteiger partial charge >= 0.3 is 0 Å². The van der Waals surface area contributed by atoms with Gasteiger partial charge in [0.05, 0.1) is 6.33 Å². The fourth-order valence-corrected chi connectivity index (χ4v) is 2.46. The van der Waals surface area contributed by atoms with E-state index in [0.29, 0.717) is 6.04 Å². The molecule has 106 valence electrons. The number of likely N-dealkylation sites (tertiary alicyclic amines) is 1. The molecule has 2 N–H and O–H groups in total. The summed E-state index contributed by atoms with van der Waals surface area (Å²) in [6.07, 6.45) is 9.55. The molecule has 1 aromatic rings. The molecule has 0 aromatic carbocycles. The van der Waals surface area contributed by atoms with Crippen LogP contribution in [0.2, 0.25) is 0 Å². The predicted molar refractivity (Wildman–Crippen MR) is 79.2 cm³/mol. The Hall–Kier alpha value is -1.13. The number of imidazole rings is 1. The molecule has 0 amide bonds. The lowest BCUT2D eigenvalue weighted by atomic mass is 10.0. The van der Waals surface area contributed by atoms with Gasteiger partial charge in [-0.05, 0) is 39.8 Å². The van der Waals surface area contributed by atoms with Gasteiger partial charge in [-0.2, -0.15) is 0 Å². The first kappa shape index (κ1) is 14.3. The van der Waals surface area contributed by atoms with E-state index in [1.165, 1.54) is 37.2 Å². The molecule has 1 saturated heterocycles. The molecule has 4 heteroatoms. The van der Waals surface area contributed by atoms with Crippen LogP contribution in [-0.2, 0) is 6.42 Å². The van der Waals surface area contributed by atoms with Crippen LogP contribution in [0.15, 0.2) is 24.2 Å². The number of rotatable bonds is 6. The van der Waals surface area contributed by atoms with Crippen molar-refractivity contribution in [1.82, 2.24) is 20.2 Å². The highest BCUT2D eigenvalue weighted by Gasteiger charge is 2.17. The molecule has 0 atom stereocenters. The third-order valence-electron chi connectivity index (χ3n) is 3.73. The maximum Gasteiger partial charge on any atom is 0.0921 e. The lowest BCUT2D eigenvalue weighted by Crippen LogP contribution is -2.43. The topological polar surface area (TPSA) is 44.0 Å². The predicted octanol–water partition coefficient (Wildman–Crippen LogP) is 1.97. The summed E-state index contributed by atoms with van der Waals surface area (Å²) in [6, 6.07) is 0.686. The van der Waals surface area contributed by atoms with Crippen LogP contribution in [0.4, 0.5) is 0 Å². The van der Waals surface area contributed by atoms with Crippen LogP contribution in [0.1, 0.15) is 32.4 Å². The van der Waals surface area contributed by atoms with Crippen LogP contribution in [0.3, 0.4) is 0 Å². The summed E-state index contributed by atoms with van der Waals surface area (Å²) in [5.74, 6) is 0. The molecule has 0 radical (unpaired) electrons. The van der Waals surface area contributed by atoms with Crippen LogP contribution in [0.25, 0.3) is 0 Å². The first-order valence-electron chi connectivity index (χ1n) is 7.30. The second-order valence-electron chi connectivity index (χ2n) is 5.64. The Morgan fingerprint density at radius 1 is 1.47 bits per heavy atom. The van der Waals surface area contributed by atoms with Gasteiger partial charge in [-0.25, -0.2) is 4.98 Å². The van der Waals surface area contributed by atoms with E-state index in [9.17, 15) is 0 Å². The molecule has 2 rings (SSSR count). The second kappa shape index (κ2) is 7.46. The van der Waals surface area contributed by atoms with Gasteiger partial charge in [0.25, 0.3) is 0 Å². The van der Waals surface area contributed by atoms with Gasteiger partial charge in [0.15, 0.2) is 0 Å². The Morgan fingerprint density at radius 2 is 2.26 bits per heavy atom. The number of hydrogen-bond donors (Lipinski definition) is 2. The van der Waals surface area contributed by atoms with Gasteiger partial charge in [0, 0.05) is 37.4 Å². The van der Waals surface area contributed by atoms with Crippen LogP contribution in [0, 0.1) is 0 Å². The van der Waals surface area contributed by atoms with Crippen molar-refractivity contribution in [2.45, 2.75) is 39.2 Å². The van der Waals surface area contributed by atoms with Gasteiger partial charge < -0.3 is 10.3 Å². The Labute approximate surface area is 116 Å². The van der Waals surface area contributed by atoms with Crippen molar-refractivity contribution >= 4 is 0 Å². The maximum atomic E-state index is 4.04. The van der Waals surface area contributed by atoms with Crippen molar-refractivity contribution in [3.05, 3.63) is 29.9 Å². The summed E-state index contributed by atoms with van der Waals surface area (Å²) in [4.78, 5) is 9.72. The van der Waals surface area contributed by atoms with Gasteiger partial charge in [-0.3, -0.25) is 4.90 Å². The van der Waals surface area contributed by atoms with Crippen molar-refractivity contribution in [2.24, 2.45) is 0 Å². The normalized spacial score (nSPS) is 17.6. The number of allylic oxidation sites excluding steroid dienone is 1. The molecular weight excluding hydrogens is 236 g/mol. The second-order valence-corrected chi connectivity index (χ2v) is 5.64. The fraction of sp³-hybridized carbons (Fsp3) is 0.667. The van der Waals surface area contributed by atoms with E-state index in [1.54, 1.807) is 6.33 Å². The summed E-state index contributed by atoms with van der Waals surface area (Å²) in [5.41, 5.74) is 2.63. The van der Waals surface area contributed by atoms with E-state index in [1.807, 2.05) is 6.20 Å². The average molecular weight is 262 g/mol. The Morgan fingerprint density at radius 3 is 2.89 bits per heavy atom. The van der Waals surface area contributed by atoms with Gasteiger partial charge in [-0.15, -0.1) is 0 Å². The Balaban J connectivity index is 1.59. The van der Waals surface area contributed by atoms with Gasteiger partial charge in [0.2, 0.25) is 0 Å². The highest BCUT2D eigenvalue weighted by Crippen LogP contribution is 2.10. The number of nitrogens with one attached hydrogen (secondary N) is 2. The van der Waals surface area contributed by atoms with Crippen LogP contribution >= 0.6 is 0 Å². The third kappa shape index (κ3) is 5.17. The summed E-state index contributed by atoms with van der Waals surface area (Å²) < 4.78 is 0. The van der Waals surface area contributed by atoms with Crippen molar-refractivity contribution in [3.8, 4) is 0 Å². The average Bonchev–Trinajstić information content (AvgIpc) is 2.91. The molecule has 19 heavy (non-hydrogen) atoms. The third-order valence-corrected chi connectivity index (χ3v) is 3.73. The van der Waals surface area contributed by atoms with E-state index in [4.69, 9.17) is 0 Å². The summed E-state index contributed by atoms with van der Waals surface area (Å²) in [7, 11) is 0. The van der Waals surface area contributed by atoms with Crippen molar-refractivity contribution in [2.75, 3.05) is 26.2 Å². The molecule has 4 nitrogen and oxygen atoms in total. The smallest absolute Gasteiger partial charge is 0.0921 e. The zero-order valence-electron chi connectivity index (χ0n) is 12.2. The zero-order valence-corrected chi connectivity index (χ0v) is 12.2. The number of aromatic nitrogens is 2. The van der Waals surface area contributed by atoms with Crippen LogP contribution in [-0.4, -0.2) is 47.1 Å². The molecule has 0 bridgehead atoms. The molecule has 0 unspecified atom stereocenters. The first-order chi connectivity index (χ1) is 9.24. The molecule has 1 aromatic heterocycles. The van der Waals surface area contributed by atoms with Crippen molar-refractivity contribution < 1.29 is 0 Å². The molecule has 1 aliphatic rings. The summed E-state index contributed by atoms with van der Waals surface area (Å²) >= 11 is 0. The monoisotopic (exact) mass is 262 g/mol. The lowest BCUT2D eigenvalue weighted by molar-refractivity contribution is 0.215. The zero-order chi connectivity index (χ0) is 13.5. The van der Waals surface area contributed by atoms with Crippen molar-refractivity contribution in [1.29, 1.82) is 0 Å². The quantitative estimate of drug-likeness (QED) is 0.770. The minimum absolute atomic E-state index is 0.686. The van der Waals surface area contributed by atoms with E-state index in [0.717, 1.165) is 19.5 Å². The minimum atomic E-state index is 0.686. The molecule has 0 saturated carbocycles. The fourth-order valence-electron chi connectivity index (χ4n) is 2.46.